The fourth-order valence-corrected chi connectivity index (χ4v) is 4.10. The average molecular weight is 368 g/mol. The molecule has 0 bridgehead atoms. The summed E-state index contributed by atoms with van der Waals surface area (Å²) in [7, 11) is 2.17. The van der Waals surface area contributed by atoms with E-state index in [2.05, 4.69) is 23.8 Å². The third kappa shape index (κ3) is 4.33. The maximum atomic E-state index is 14.0. The second-order valence-corrected chi connectivity index (χ2v) is 7.77. The molecule has 2 aliphatic heterocycles. The molecule has 0 N–H and O–H groups in total. The SMILES string of the molecule is CC(C1CCN(C(=O)c2ccc(Cl)cc2F)CC1)N1CCN(C)CC1. The number of piperazine rings is 1. The largest absolute Gasteiger partial charge is 0.339 e. The molecule has 4 nitrogen and oxygen atoms in total. The van der Waals surface area contributed by atoms with Crippen LogP contribution in [0.2, 0.25) is 5.02 Å². The Morgan fingerprint density at radius 2 is 1.80 bits per heavy atom. The lowest BCUT2D eigenvalue weighted by molar-refractivity contribution is 0.0497. The summed E-state index contributed by atoms with van der Waals surface area (Å²) in [4.78, 5) is 19.3. The van der Waals surface area contributed by atoms with E-state index in [1.54, 1.807) is 11.0 Å². The van der Waals surface area contributed by atoms with Gasteiger partial charge in [0.15, 0.2) is 0 Å². The second kappa shape index (κ2) is 8.02. The maximum Gasteiger partial charge on any atom is 0.256 e. The van der Waals surface area contributed by atoms with Crippen molar-refractivity contribution >= 4 is 17.5 Å². The molecule has 0 aliphatic carbocycles. The highest BCUT2D eigenvalue weighted by atomic mass is 35.5. The van der Waals surface area contributed by atoms with E-state index >= 15 is 0 Å². The molecule has 1 unspecified atom stereocenters. The minimum Gasteiger partial charge on any atom is -0.339 e. The predicted molar refractivity (Wildman–Crippen MR) is 98.6 cm³/mol. The number of nitrogens with zero attached hydrogens (tertiary/aromatic N) is 3. The van der Waals surface area contributed by atoms with Gasteiger partial charge in [0.05, 0.1) is 5.56 Å². The van der Waals surface area contributed by atoms with Crippen molar-refractivity contribution in [2.45, 2.75) is 25.8 Å². The molecule has 0 radical (unpaired) electrons. The van der Waals surface area contributed by atoms with Crippen molar-refractivity contribution in [3.8, 4) is 0 Å². The van der Waals surface area contributed by atoms with Crippen LogP contribution in [0.25, 0.3) is 0 Å². The van der Waals surface area contributed by atoms with Crippen LogP contribution in [-0.4, -0.2) is 73.0 Å². The van der Waals surface area contributed by atoms with E-state index in [1.165, 1.54) is 12.1 Å². The lowest BCUT2D eigenvalue weighted by Gasteiger charge is -2.42. The number of hydrogen-bond acceptors (Lipinski definition) is 3. The van der Waals surface area contributed by atoms with E-state index in [1.807, 2.05) is 0 Å². The Bertz CT molecular complexity index is 611. The lowest BCUT2D eigenvalue weighted by Crippen LogP contribution is -2.52. The first-order chi connectivity index (χ1) is 12.0. The van der Waals surface area contributed by atoms with Crippen LogP contribution in [0.5, 0.6) is 0 Å². The van der Waals surface area contributed by atoms with Gasteiger partial charge in [-0.2, -0.15) is 0 Å². The van der Waals surface area contributed by atoms with Gasteiger partial charge in [0.25, 0.3) is 5.91 Å². The van der Waals surface area contributed by atoms with Crippen molar-refractivity contribution in [2.75, 3.05) is 46.3 Å². The Morgan fingerprint density at radius 3 is 2.40 bits per heavy atom. The predicted octanol–water partition coefficient (Wildman–Crippen LogP) is 2.97. The third-order valence-electron chi connectivity index (χ3n) is 5.78. The van der Waals surface area contributed by atoms with Crippen LogP contribution in [0, 0.1) is 11.7 Å². The van der Waals surface area contributed by atoms with Crippen LogP contribution in [0.3, 0.4) is 0 Å². The summed E-state index contributed by atoms with van der Waals surface area (Å²) in [5, 5.41) is 0.314. The van der Waals surface area contributed by atoms with Crippen LogP contribution in [0.15, 0.2) is 18.2 Å². The van der Waals surface area contributed by atoms with Gasteiger partial charge in [-0.25, -0.2) is 4.39 Å². The molecular formula is C19H27ClFN3O. The van der Waals surface area contributed by atoms with Crippen LogP contribution in [0.1, 0.15) is 30.1 Å². The zero-order valence-corrected chi connectivity index (χ0v) is 15.8. The summed E-state index contributed by atoms with van der Waals surface area (Å²) in [6.07, 6.45) is 1.96. The highest BCUT2D eigenvalue weighted by molar-refractivity contribution is 6.30. The fourth-order valence-electron chi connectivity index (χ4n) is 3.95. The van der Waals surface area contributed by atoms with Crippen molar-refractivity contribution in [1.29, 1.82) is 0 Å². The molecular weight excluding hydrogens is 341 g/mol. The standard InChI is InChI=1S/C19H27ClFN3O/c1-14(23-11-9-22(2)10-12-23)15-5-7-24(8-6-15)19(25)17-4-3-16(20)13-18(17)21/h3-4,13-15H,5-12H2,1-2H3. The number of carbonyl (C=O) groups is 1. The van der Waals surface area contributed by atoms with Gasteiger partial charge in [-0.05, 0) is 50.9 Å². The van der Waals surface area contributed by atoms with Crippen molar-refractivity contribution < 1.29 is 9.18 Å². The lowest BCUT2D eigenvalue weighted by atomic mass is 9.88. The molecule has 1 aromatic rings. The molecule has 1 atom stereocenters. The molecule has 2 heterocycles. The van der Waals surface area contributed by atoms with Gasteiger partial charge in [0, 0.05) is 50.3 Å². The second-order valence-electron chi connectivity index (χ2n) is 7.33. The Labute approximate surface area is 154 Å². The van der Waals surface area contributed by atoms with E-state index in [-0.39, 0.29) is 11.5 Å². The van der Waals surface area contributed by atoms with Gasteiger partial charge in [-0.3, -0.25) is 9.69 Å². The van der Waals surface area contributed by atoms with Crippen molar-refractivity contribution in [1.82, 2.24) is 14.7 Å². The zero-order valence-electron chi connectivity index (χ0n) is 15.0. The molecule has 0 saturated carbocycles. The fraction of sp³-hybridized carbons (Fsp3) is 0.632. The monoisotopic (exact) mass is 367 g/mol. The minimum atomic E-state index is -0.537. The van der Waals surface area contributed by atoms with Crippen LogP contribution < -0.4 is 0 Å². The Hall–Kier alpha value is -1.17. The number of carbonyl (C=O) groups excluding carboxylic acids is 1. The number of likely N-dealkylation sites (N-methyl/N-ethyl adjacent to an activating group) is 1. The average Bonchev–Trinajstić information content (AvgIpc) is 2.61. The van der Waals surface area contributed by atoms with Crippen LogP contribution in [0.4, 0.5) is 4.39 Å². The van der Waals surface area contributed by atoms with E-state index in [9.17, 15) is 9.18 Å². The first kappa shape index (κ1) is 18.6. The number of benzene rings is 1. The third-order valence-corrected chi connectivity index (χ3v) is 6.02. The quantitative estimate of drug-likeness (QED) is 0.821. The number of rotatable bonds is 3. The molecule has 1 amide bonds. The van der Waals surface area contributed by atoms with E-state index < -0.39 is 5.82 Å². The van der Waals surface area contributed by atoms with Gasteiger partial charge in [-0.15, -0.1) is 0 Å². The summed E-state index contributed by atoms with van der Waals surface area (Å²) in [6, 6.07) is 4.80. The van der Waals surface area contributed by atoms with E-state index in [0.29, 0.717) is 30.1 Å². The molecule has 0 spiro atoms. The number of hydrogen-bond donors (Lipinski definition) is 0. The molecule has 3 rings (SSSR count). The van der Waals surface area contributed by atoms with Gasteiger partial charge in [0.2, 0.25) is 0 Å². The number of amides is 1. The van der Waals surface area contributed by atoms with Gasteiger partial charge in [-0.1, -0.05) is 11.6 Å². The van der Waals surface area contributed by atoms with Gasteiger partial charge >= 0.3 is 0 Å². The number of halogens is 2. The summed E-state index contributed by atoms with van der Waals surface area (Å²) < 4.78 is 14.0. The first-order valence-corrected chi connectivity index (χ1v) is 9.50. The normalized spacial score (nSPS) is 22.2. The molecule has 2 fully saturated rings. The molecule has 25 heavy (non-hydrogen) atoms. The summed E-state index contributed by atoms with van der Waals surface area (Å²) in [5.74, 6) is -0.159. The van der Waals surface area contributed by atoms with Gasteiger partial charge < -0.3 is 9.80 Å². The zero-order chi connectivity index (χ0) is 18.0. The summed E-state index contributed by atoms with van der Waals surface area (Å²) >= 11 is 5.77. The summed E-state index contributed by atoms with van der Waals surface area (Å²) in [6.45, 7) is 8.19. The minimum absolute atomic E-state index is 0.120. The highest BCUT2D eigenvalue weighted by Crippen LogP contribution is 2.26. The molecule has 138 valence electrons. The number of piperidine rings is 1. The van der Waals surface area contributed by atoms with Crippen LogP contribution >= 0.6 is 11.6 Å². The Balaban J connectivity index is 1.55. The van der Waals surface area contributed by atoms with Crippen LogP contribution in [-0.2, 0) is 0 Å². The smallest absolute Gasteiger partial charge is 0.256 e. The maximum absolute atomic E-state index is 14.0. The van der Waals surface area contributed by atoms with Crippen molar-refractivity contribution in [2.24, 2.45) is 5.92 Å². The first-order valence-electron chi connectivity index (χ1n) is 9.12. The Kier molecular flexibility index (Phi) is 5.97. The van der Waals surface area contributed by atoms with E-state index in [0.717, 1.165) is 39.0 Å². The molecule has 2 aliphatic rings. The molecule has 6 heteroatoms. The van der Waals surface area contributed by atoms with Gasteiger partial charge in [0.1, 0.15) is 5.82 Å². The molecule has 1 aromatic carbocycles. The molecule has 0 aromatic heterocycles. The Morgan fingerprint density at radius 1 is 1.16 bits per heavy atom. The topological polar surface area (TPSA) is 26.8 Å². The highest BCUT2D eigenvalue weighted by Gasteiger charge is 2.31. The number of likely N-dealkylation sites (tertiary alicyclic amines) is 1. The van der Waals surface area contributed by atoms with Crippen molar-refractivity contribution in [3.05, 3.63) is 34.6 Å². The summed E-state index contributed by atoms with van der Waals surface area (Å²) in [5.41, 5.74) is 0.120. The van der Waals surface area contributed by atoms with Crippen molar-refractivity contribution in [3.63, 3.8) is 0 Å². The molecule has 2 saturated heterocycles. The van der Waals surface area contributed by atoms with E-state index in [4.69, 9.17) is 11.6 Å².